The van der Waals surface area contributed by atoms with Gasteiger partial charge in [0, 0.05) is 41.5 Å². The average Bonchev–Trinajstić information content (AvgIpc) is 3.20. The van der Waals surface area contributed by atoms with Crippen molar-refractivity contribution in [3.63, 3.8) is 0 Å². The Hall–Kier alpha value is -2.98. The molecule has 1 amide bonds. The number of hydrogen-bond acceptors (Lipinski definition) is 5. The van der Waals surface area contributed by atoms with Crippen molar-refractivity contribution in [2.45, 2.75) is 70.8 Å². The number of alkyl halides is 3. The second kappa shape index (κ2) is 9.15. The van der Waals surface area contributed by atoms with E-state index >= 15 is 0 Å². The molecule has 1 saturated heterocycles. The minimum Gasteiger partial charge on any atom is -0.386 e. The second-order valence-corrected chi connectivity index (χ2v) is 10.9. The van der Waals surface area contributed by atoms with Gasteiger partial charge in [-0.3, -0.25) is 14.4 Å². The maximum Gasteiger partial charge on any atom is 0.433 e. The van der Waals surface area contributed by atoms with E-state index in [1.54, 1.807) is 26.0 Å². The number of hydrogen-bond donors (Lipinski definition) is 2. The molecule has 2 N–H and O–H groups in total. The molecule has 36 heavy (non-hydrogen) atoms. The summed E-state index contributed by atoms with van der Waals surface area (Å²) in [5, 5.41) is 18.9. The fourth-order valence-electron chi connectivity index (χ4n) is 4.59. The van der Waals surface area contributed by atoms with Gasteiger partial charge in [-0.1, -0.05) is 6.07 Å². The van der Waals surface area contributed by atoms with Gasteiger partial charge in [0.05, 0.1) is 17.2 Å². The van der Waals surface area contributed by atoms with Gasteiger partial charge in [0.15, 0.2) is 0 Å². The van der Waals surface area contributed by atoms with E-state index in [0.29, 0.717) is 16.8 Å². The number of piperidine rings is 1. The molecule has 1 aliphatic rings. The number of carbonyl (C=O) groups excluding carboxylic acids is 1. The van der Waals surface area contributed by atoms with E-state index in [1.165, 1.54) is 6.07 Å². The van der Waals surface area contributed by atoms with Gasteiger partial charge in [0.2, 0.25) is 0 Å². The van der Waals surface area contributed by atoms with Crippen molar-refractivity contribution in [2.75, 3.05) is 18.4 Å². The van der Waals surface area contributed by atoms with Crippen molar-refractivity contribution in [2.24, 2.45) is 0 Å². The molecule has 3 heterocycles. The number of benzene rings is 1. The van der Waals surface area contributed by atoms with Crippen molar-refractivity contribution >= 4 is 22.5 Å². The van der Waals surface area contributed by atoms with Crippen LogP contribution < -0.4 is 5.32 Å². The van der Waals surface area contributed by atoms with Crippen LogP contribution in [0.4, 0.5) is 18.9 Å². The number of amides is 1. The zero-order valence-electron chi connectivity index (χ0n) is 21.1. The molecule has 7 nitrogen and oxygen atoms in total. The number of pyridine rings is 1. The lowest BCUT2D eigenvalue weighted by molar-refractivity contribution is -0.141. The summed E-state index contributed by atoms with van der Waals surface area (Å²) >= 11 is 0. The molecule has 0 saturated carbocycles. The number of aromatic nitrogens is 3. The highest BCUT2D eigenvalue weighted by Crippen LogP contribution is 2.34. The minimum atomic E-state index is -4.66. The Morgan fingerprint density at radius 1 is 1.08 bits per heavy atom. The van der Waals surface area contributed by atoms with Gasteiger partial charge in [-0.15, -0.1) is 0 Å². The highest BCUT2D eigenvalue weighted by Gasteiger charge is 2.33. The van der Waals surface area contributed by atoms with Crippen molar-refractivity contribution in [1.82, 2.24) is 19.7 Å². The molecule has 3 aromatic rings. The monoisotopic (exact) mass is 503 g/mol. The Bertz CT molecular complexity index is 1260. The van der Waals surface area contributed by atoms with Crippen molar-refractivity contribution in [1.29, 1.82) is 0 Å². The number of halogens is 3. The maximum absolute atomic E-state index is 13.0. The van der Waals surface area contributed by atoms with Crippen LogP contribution in [0.2, 0.25) is 0 Å². The molecule has 1 aromatic carbocycles. The van der Waals surface area contributed by atoms with Crippen LogP contribution in [0.1, 0.15) is 75.2 Å². The zero-order chi connectivity index (χ0) is 26.5. The van der Waals surface area contributed by atoms with Crippen LogP contribution in [-0.4, -0.2) is 49.3 Å². The largest absolute Gasteiger partial charge is 0.433 e. The van der Waals surface area contributed by atoms with E-state index in [0.717, 1.165) is 43.5 Å². The van der Waals surface area contributed by atoms with Crippen molar-refractivity contribution < 1.29 is 23.1 Å². The molecule has 0 spiro atoms. The Labute approximate surface area is 208 Å². The van der Waals surface area contributed by atoms with Crippen LogP contribution in [-0.2, 0) is 11.8 Å². The third-order valence-electron chi connectivity index (χ3n) is 6.63. The summed E-state index contributed by atoms with van der Waals surface area (Å²) in [6.45, 7) is 11.7. The van der Waals surface area contributed by atoms with Crippen molar-refractivity contribution in [3.05, 3.63) is 53.5 Å². The first kappa shape index (κ1) is 26.1. The third kappa shape index (κ3) is 5.54. The topological polar surface area (TPSA) is 83.3 Å². The predicted molar refractivity (Wildman–Crippen MR) is 132 cm³/mol. The van der Waals surface area contributed by atoms with Gasteiger partial charge >= 0.3 is 6.18 Å². The first-order chi connectivity index (χ1) is 16.6. The molecule has 0 aliphatic carbocycles. The number of fused-ring (bicyclic) bond motifs is 1. The fraction of sp³-hybridized carbons (Fsp3) is 0.500. The van der Waals surface area contributed by atoms with E-state index in [2.05, 4.69) is 36.0 Å². The van der Waals surface area contributed by atoms with Crippen LogP contribution in [0.15, 0.2) is 36.5 Å². The first-order valence-corrected chi connectivity index (χ1v) is 12.0. The highest BCUT2D eigenvalue weighted by molar-refractivity contribution is 6.04. The minimum absolute atomic E-state index is 0.114. The third-order valence-corrected chi connectivity index (χ3v) is 6.63. The lowest BCUT2D eigenvalue weighted by Gasteiger charge is -2.40. The first-order valence-electron chi connectivity index (χ1n) is 12.0. The zero-order valence-corrected chi connectivity index (χ0v) is 21.1. The van der Waals surface area contributed by atoms with Gasteiger partial charge in [-0.05, 0) is 71.7 Å². The lowest BCUT2D eigenvalue weighted by Crippen LogP contribution is -2.46. The molecule has 0 bridgehead atoms. The molecule has 10 heteroatoms. The summed E-state index contributed by atoms with van der Waals surface area (Å²) in [5.41, 5.74) is -1.37. The molecule has 1 fully saturated rings. The molecule has 0 unspecified atom stereocenters. The molecular weight excluding hydrogens is 471 g/mol. The van der Waals surface area contributed by atoms with Gasteiger partial charge < -0.3 is 10.4 Å². The number of likely N-dealkylation sites (tertiary alicyclic amines) is 1. The van der Waals surface area contributed by atoms with Crippen LogP contribution in [0, 0.1) is 0 Å². The fourth-order valence-corrected chi connectivity index (χ4v) is 4.59. The van der Waals surface area contributed by atoms with Crippen LogP contribution in [0.3, 0.4) is 0 Å². The Morgan fingerprint density at radius 3 is 2.33 bits per heavy atom. The van der Waals surface area contributed by atoms with Crippen molar-refractivity contribution in [3.8, 4) is 0 Å². The lowest BCUT2D eigenvalue weighted by atomic mass is 9.95. The number of anilines is 1. The summed E-state index contributed by atoms with van der Waals surface area (Å²) in [6, 6.07) is 6.81. The predicted octanol–water partition coefficient (Wildman–Crippen LogP) is 5.37. The van der Waals surface area contributed by atoms with Gasteiger partial charge in [0.1, 0.15) is 11.4 Å². The Kier molecular flexibility index (Phi) is 6.63. The standard InChI is InChI=1S/C26H32F3N5O2/c1-24(2,3)33-11-9-17(10-12-33)34-15-16-13-21(18(25(4,5)36)14-20(16)32-34)31-23(35)19-7-6-8-22(30-19)26(27,28)29/h6-8,13-15,17,36H,9-12H2,1-5H3,(H,31,35). The van der Waals surface area contributed by atoms with Gasteiger partial charge in [0.25, 0.3) is 5.91 Å². The van der Waals surface area contributed by atoms with E-state index in [9.17, 15) is 23.1 Å². The molecule has 1 aliphatic heterocycles. The molecule has 4 rings (SSSR count). The average molecular weight is 504 g/mol. The molecule has 2 aromatic heterocycles. The normalized spacial score (nSPS) is 16.5. The quantitative estimate of drug-likeness (QED) is 0.501. The maximum atomic E-state index is 13.0. The van der Waals surface area contributed by atoms with Gasteiger partial charge in [-0.25, -0.2) is 4.98 Å². The second-order valence-electron chi connectivity index (χ2n) is 10.9. The van der Waals surface area contributed by atoms with Crippen LogP contribution in [0.25, 0.3) is 10.9 Å². The van der Waals surface area contributed by atoms with Crippen LogP contribution >= 0.6 is 0 Å². The molecule has 0 radical (unpaired) electrons. The highest BCUT2D eigenvalue weighted by atomic mass is 19.4. The van der Waals surface area contributed by atoms with E-state index in [-0.39, 0.29) is 17.3 Å². The number of aliphatic hydroxyl groups is 1. The molecular formula is C26H32F3N5O2. The summed E-state index contributed by atoms with van der Waals surface area (Å²) in [5.74, 6) is -0.798. The number of nitrogens with one attached hydrogen (secondary N) is 1. The number of nitrogens with zero attached hydrogens (tertiary/aromatic N) is 4. The number of rotatable bonds is 4. The molecule has 0 atom stereocenters. The smallest absolute Gasteiger partial charge is 0.386 e. The summed E-state index contributed by atoms with van der Waals surface area (Å²) in [7, 11) is 0. The Balaban J connectivity index is 1.63. The van der Waals surface area contributed by atoms with E-state index < -0.39 is 23.4 Å². The van der Waals surface area contributed by atoms with E-state index in [4.69, 9.17) is 5.10 Å². The SMILES string of the molecule is CC(C)(O)c1cc2nn(C3CCN(C(C)(C)C)CC3)cc2cc1NC(=O)c1cccc(C(F)(F)F)n1. The van der Waals surface area contributed by atoms with Gasteiger partial charge in [-0.2, -0.15) is 18.3 Å². The molecule has 194 valence electrons. The van der Waals surface area contributed by atoms with Crippen LogP contribution in [0.5, 0.6) is 0 Å². The Morgan fingerprint density at radius 2 is 1.75 bits per heavy atom. The summed E-state index contributed by atoms with van der Waals surface area (Å²) in [4.78, 5) is 18.7. The summed E-state index contributed by atoms with van der Waals surface area (Å²) in [6.07, 6.45) is -0.840. The van der Waals surface area contributed by atoms with E-state index in [1.807, 2.05) is 10.9 Å². The number of carbonyl (C=O) groups is 1. The summed E-state index contributed by atoms with van der Waals surface area (Å²) < 4.78 is 41.1.